The number of halogens is 1. The zero-order chi connectivity index (χ0) is 13.4. The number of carbonyl (C=O) groups is 1. The van der Waals surface area contributed by atoms with E-state index in [0.29, 0.717) is 6.54 Å². The second kappa shape index (κ2) is 8.27. The first kappa shape index (κ1) is 15.2. The Morgan fingerprint density at radius 2 is 2.17 bits per heavy atom. The molecular formula is C14H21BrN2O. The van der Waals surface area contributed by atoms with Crippen LogP contribution < -0.4 is 10.6 Å². The Balaban J connectivity index is 2.18. The van der Waals surface area contributed by atoms with E-state index in [1.807, 2.05) is 24.3 Å². The Labute approximate surface area is 117 Å². The summed E-state index contributed by atoms with van der Waals surface area (Å²) in [5, 5.41) is 6.00. The van der Waals surface area contributed by atoms with Gasteiger partial charge in [-0.25, -0.2) is 0 Å². The molecule has 0 radical (unpaired) electrons. The van der Waals surface area contributed by atoms with Crippen LogP contribution in [-0.2, 0) is 4.79 Å². The predicted octanol–water partition coefficient (Wildman–Crippen LogP) is 3.41. The molecule has 1 aromatic rings. The van der Waals surface area contributed by atoms with Gasteiger partial charge in [0.2, 0.25) is 5.91 Å². The molecule has 0 aliphatic heterocycles. The number of rotatable bonds is 7. The molecule has 0 aliphatic rings. The predicted molar refractivity (Wildman–Crippen MR) is 79.7 cm³/mol. The van der Waals surface area contributed by atoms with Gasteiger partial charge in [0, 0.05) is 10.2 Å². The minimum absolute atomic E-state index is 0.00218. The van der Waals surface area contributed by atoms with Crippen molar-refractivity contribution < 1.29 is 4.79 Å². The van der Waals surface area contributed by atoms with Crippen LogP contribution in [0.3, 0.4) is 0 Å². The molecule has 0 heterocycles. The van der Waals surface area contributed by atoms with E-state index in [0.717, 1.165) is 29.0 Å². The number of benzene rings is 1. The monoisotopic (exact) mass is 312 g/mol. The van der Waals surface area contributed by atoms with E-state index in [9.17, 15) is 4.79 Å². The maximum atomic E-state index is 11.6. The lowest BCUT2D eigenvalue weighted by Gasteiger charge is -2.08. The third-order valence-corrected chi connectivity index (χ3v) is 3.02. The third-order valence-electron chi connectivity index (χ3n) is 2.53. The van der Waals surface area contributed by atoms with E-state index in [1.165, 1.54) is 6.42 Å². The van der Waals surface area contributed by atoms with Crippen LogP contribution in [0.2, 0.25) is 0 Å². The van der Waals surface area contributed by atoms with Crippen molar-refractivity contribution in [2.75, 3.05) is 18.4 Å². The highest BCUT2D eigenvalue weighted by molar-refractivity contribution is 9.10. The van der Waals surface area contributed by atoms with Gasteiger partial charge in [0.05, 0.1) is 6.54 Å². The van der Waals surface area contributed by atoms with Crippen LogP contribution in [0.25, 0.3) is 0 Å². The van der Waals surface area contributed by atoms with Crippen LogP contribution in [0, 0.1) is 5.92 Å². The van der Waals surface area contributed by atoms with Crippen LogP contribution in [0.15, 0.2) is 28.7 Å². The van der Waals surface area contributed by atoms with Crippen molar-refractivity contribution in [2.24, 2.45) is 5.92 Å². The van der Waals surface area contributed by atoms with Gasteiger partial charge in [0.25, 0.3) is 0 Å². The molecule has 1 aromatic carbocycles. The Morgan fingerprint density at radius 3 is 2.83 bits per heavy atom. The van der Waals surface area contributed by atoms with Gasteiger partial charge in [0.1, 0.15) is 0 Å². The number of nitrogens with one attached hydrogen (secondary N) is 2. The van der Waals surface area contributed by atoms with Gasteiger partial charge >= 0.3 is 0 Å². The molecule has 4 heteroatoms. The zero-order valence-electron chi connectivity index (χ0n) is 11.0. The van der Waals surface area contributed by atoms with E-state index in [4.69, 9.17) is 0 Å². The minimum Gasteiger partial charge on any atom is -0.325 e. The summed E-state index contributed by atoms with van der Waals surface area (Å²) in [5.41, 5.74) is 0.818. The van der Waals surface area contributed by atoms with Gasteiger partial charge in [-0.3, -0.25) is 4.79 Å². The van der Waals surface area contributed by atoms with Gasteiger partial charge < -0.3 is 10.6 Å². The van der Waals surface area contributed by atoms with Gasteiger partial charge in [-0.2, -0.15) is 0 Å². The molecule has 1 rings (SSSR count). The van der Waals surface area contributed by atoms with Gasteiger partial charge in [0.15, 0.2) is 0 Å². The number of carbonyl (C=O) groups excluding carboxylic acids is 1. The maximum Gasteiger partial charge on any atom is 0.238 e. The molecule has 100 valence electrons. The molecule has 18 heavy (non-hydrogen) atoms. The van der Waals surface area contributed by atoms with Gasteiger partial charge in [-0.05, 0) is 43.5 Å². The van der Waals surface area contributed by atoms with E-state index in [1.54, 1.807) is 0 Å². The molecule has 0 saturated carbocycles. The summed E-state index contributed by atoms with van der Waals surface area (Å²) in [7, 11) is 0. The second-order valence-corrected chi connectivity index (χ2v) is 5.69. The number of amides is 1. The average molecular weight is 313 g/mol. The summed E-state index contributed by atoms with van der Waals surface area (Å²) in [6.07, 6.45) is 2.31. The topological polar surface area (TPSA) is 41.1 Å². The van der Waals surface area contributed by atoms with E-state index < -0.39 is 0 Å². The van der Waals surface area contributed by atoms with Crippen molar-refractivity contribution in [1.29, 1.82) is 0 Å². The molecule has 0 saturated heterocycles. The molecule has 1 amide bonds. The van der Waals surface area contributed by atoms with Crippen LogP contribution in [0.5, 0.6) is 0 Å². The van der Waals surface area contributed by atoms with Crippen molar-refractivity contribution in [3.05, 3.63) is 28.7 Å². The fourth-order valence-electron chi connectivity index (χ4n) is 1.61. The quantitative estimate of drug-likeness (QED) is 0.757. The first-order valence-corrected chi connectivity index (χ1v) is 7.13. The van der Waals surface area contributed by atoms with Crippen molar-refractivity contribution in [2.45, 2.75) is 26.7 Å². The van der Waals surface area contributed by atoms with Crippen molar-refractivity contribution in [3.8, 4) is 0 Å². The van der Waals surface area contributed by atoms with Crippen molar-refractivity contribution in [1.82, 2.24) is 5.32 Å². The lowest BCUT2D eigenvalue weighted by atomic mass is 10.1. The number of anilines is 1. The highest BCUT2D eigenvalue weighted by Crippen LogP contribution is 2.15. The highest BCUT2D eigenvalue weighted by Gasteiger charge is 2.02. The molecule has 0 spiro atoms. The Kier molecular flexibility index (Phi) is 6.98. The Hall–Kier alpha value is -0.870. The zero-order valence-corrected chi connectivity index (χ0v) is 12.6. The van der Waals surface area contributed by atoms with Crippen LogP contribution in [0.4, 0.5) is 5.69 Å². The third kappa shape index (κ3) is 6.77. The van der Waals surface area contributed by atoms with Crippen molar-refractivity contribution >= 4 is 27.5 Å². The van der Waals surface area contributed by atoms with Crippen LogP contribution >= 0.6 is 15.9 Å². The molecule has 3 nitrogen and oxygen atoms in total. The maximum absolute atomic E-state index is 11.6. The lowest BCUT2D eigenvalue weighted by Crippen LogP contribution is -2.28. The second-order valence-electron chi connectivity index (χ2n) is 4.77. The smallest absolute Gasteiger partial charge is 0.238 e. The van der Waals surface area contributed by atoms with Gasteiger partial charge in [-0.1, -0.05) is 35.8 Å². The summed E-state index contributed by atoms with van der Waals surface area (Å²) < 4.78 is 0.963. The molecular weight excluding hydrogens is 292 g/mol. The molecule has 0 aliphatic carbocycles. The highest BCUT2D eigenvalue weighted by atomic mass is 79.9. The van der Waals surface area contributed by atoms with Gasteiger partial charge in [-0.15, -0.1) is 0 Å². The molecule has 0 aromatic heterocycles. The molecule has 0 bridgehead atoms. The molecule has 0 atom stereocenters. The SMILES string of the molecule is CC(C)CCCNCC(=O)Nc1cccc(Br)c1. The Morgan fingerprint density at radius 1 is 1.39 bits per heavy atom. The summed E-state index contributed by atoms with van der Waals surface area (Å²) in [5.74, 6) is 0.722. The molecule has 2 N–H and O–H groups in total. The molecule has 0 unspecified atom stereocenters. The first-order chi connectivity index (χ1) is 8.58. The number of hydrogen-bond donors (Lipinski definition) is 2. The fourth-order valence-corrected chi connectivity index (χ4v) is 2.01. The van der Waals surface area contributed by atoms with Crippen molar-refractivity contribution in [3.63, 3.8) is 0 Å². The molecule has 0 fully saturated rings. The van der Waals surface area contributed by atoms with E-state index in [2.05, 4.69) is 40.4 Å². The normalized spacial score (nSPS) is 10.7. The summed E-state index contributed by atoms with van der Waals surface area (Å²) in [6, 6.07) is 7.59. The summed E-state index contributed by atoms with van der Waals surface area (Å²) in [4.78, 5) is 11.6. The standard InChI is InChI=1S/C14H21BrN2O/c1-11(2)5-4-8-16-10-14(18)17-13-7-3-6-12(15)9-13/h3,6-7,9,11,16H,4-5,8,10H2,1-2H3,(H,17,18). The minimum atomic E-state index is -0.00218. The van der Waals surface area contributed by atoms with E-state index >= 15 is 0 Å². The van der Waals surface area contributed by atoms with E-state index in [-0.39, 0.29) is 5.91 Å². The fraction of sp³-hybridized carbons (Fsp3) is 0.500. The number of hydrogen-bond acceptors (Lipinski definition) is 2. The largest absolute Gasteiger partial charge is 0.325 e. The summed E-state index contributed by atoms with van der Waals surface area (Å²) in [6.45, 7) is 5.68. The van der Waals surface area contributed by atoms with Crippen LogP contribution in [-0.4, -0.2) is 19.0 Å². The average Bonchev–Trinajstić information content (AvgIpc) is 2.28. The first-order valence-electron chi connectivity index (χ1n) is 6.34. The summed E-state index contributed by atoms with van der Waals surface area (Å²) >= 11 is 3.37. The Bertz CT molecular complexity index is 380. The lowest BCUT2D eigenvalue weighted by molar-refractivity contribution is -0.115. The van der Waals surface area contributed by atoms with Crippen LogP contribution in [0.1, 0.15) is 26.7 Å².